The van der Waals surface area contributed by atoms with Gasteiger partial charge in [-0.1, -0.05) is 18.2 Å². The van der Waals surface area contributed by atoms with Crippen LogP contribution in [0.1, 0.15) is 37.4 Å². The van der Waals surface area contributed by atoms with Crippen LogP contribution in [0.25, 0.3) is 0 Å². The van der Waals surface area contributed by atoms with Gasteiger partial charge in [0.15, 0.2) is 0 Å². The highest BCUT2D eigenvalue weighted by molar-refractivity contribution is 5.48. The molecule has 1 aromatic carbocycles. The van der Waals surface area contributed by atoms with E-state index in [1.807, 2.05) is 12.1 Å². The van der Waals surface area contributed by atoms with Crippen molar-refractivity contribution in [3.8, 4) is 11.8 Å². The molecule has 0 spiro atoms. The van der Waals surface area contributed by atoms with Gasteiger partial charge in [0.05, 0.1) is 6.07 Å². The Hall–Kier alpha value is -1.57. The lowest BCUT2D eigenvalue weighted by atomic mass is 9.98. The van der Waals surface area contributed by atoms with Gasteiger partial charge in [-0.25, -0.2) is 0 Å². The first-order valence-electron chi connectivity index (χ1n) is 6.62. The first-order valence-corrected chi connectivity index (χ1v) is 6.62. The fourth-order valence-electron chi connectivity index (χ4n) is 2.42. The number of fused-ring (bicyclic) bond motifs is 1. The van der Waals surface area contributed by atoms with Gasteiger partial charge in [0.25, 0.3) is 0 Å². The largest absolute Gasteiger partial charge is 0.487 e. The summed E-state index contributed by atoms with van der Waals surface area (Å²) in [7, 11) is 0. The highest BCUT2D eigenvalue weighted by atomic mass is 16.5. The van der Waals surface area contributed by atoms with E-state index in [1.165, 1.54) is 0 Å². The fraction of sp³-hybridized carbons (Fsp3) is 0.533. The first-order chi connectivity index (χ1) is 9.07. The van der Waals surface area contributed by atoms with E-state index in [0.29, 0.717) is 13.0 Å². The van der Waals surface area contributed by atoms with E-state index < -0.39 is 6.04 Å². The molecule has 1 atom stereocenters. The zero-order chi connectivity index (χ0) is 13.9. The minimum atomic E-state index is -0.393. The third kappa shape index (κ3) is 3.06. The summed E-state index contributed by atoms with van der Waals surface area (Å²) in [6.07, 6.45) is 1.50. The summed E-state index contributed by atoms with van der Waals surface area (Å²) in [5.74, 6) is 0.843. The number of aliphatic hydroxyl groups excluding tert-OH is 1. The van der Waals surface area contributed by atoms with E-state index in [-0.39, 0.29) is 12.2 Å². The lowest BCUT2D eigenvalue weighted by Gasteiger charge is -2.20. The van der Waals surface area contributed by atoms with Crippen molar-refractivity contribution >= 4 is 0 Å². The van der Waals surface area contributed by atoms with Crippen molar-refractivity contribution < 1.29 is 9.84 Å². The van der Waals surface area contributed by atoms with E-state index in [1.54, 1.807) is 0 Å². The smallest absolute Gasteiger partial charge is 0.129 e. The number of nitrogens with zero attached hydrogens (tertiary/aromatic N) is 1. The van der Waals surface area contributed by atoms with Gasteiger partial charge in [0.1, 0.15) is 17.4 Å². The van der Waals surface area contributed by atoms with Gasteiger partial charge in [-0.2, -0.15) is 5.26 Å². The Kier molecular flexibility index (Phi) is 4.08. The number of benzene rings is 1. The minimum Gasteiger partial charge on any atom is -0.487 e. The number of ether oxygens (including phenoxy) is 1. The van der Waals surface area contributed by atoms with Crippen LogP contribution in [-0.2, 0) is 6.42 Å². The lowest BCUT2D eigenvalue weighted by Crippen LogP contribution is -2.26. The summed E-state index contributed by atoms with van der Waals surface area (Å²) in [5.41, 5.74) is 1.85. The van der Waals surface area contributed by atoms with Crippen molar-refractivity contribution in [3.05, 3.63) is 29.3 Å². The second-order valence-electron chi connectivity index (χ2n) is 5.47. The monoisotopic (exact) mass is 260 g/mol. The molecule has 0 saturated heterocycles. The normalized spacial score (nSPS) is 17.4. The molecule has 1 aliphatic heterocycles. The number of aliphatic hydroxyl groups is 1. The number of hydrogen-bond donors (Lipinski definition) is 2. The maximum absolute atomic E-state index is 9.31. The van der Waals surface area contributed by atoms with Crippen molar-refractivity contribution in [2.45, 2.75) is 38.3 Å². The zero-order valence-corrected chi connectivity index (χ0v) is 11.4. The maximum Gasteiger partial charge on any atom is 0.129 e. The van der Waals surface area contributed by atoms with Crippen LogP contribution >= 0.6 is 0 Å². The minimum absolute atomic E-state index is 0.127. The Morgan fingerprint density at radius 1 is 1.53 bits per heavy atom. The van der Waals surface area contributed by atoms with Gasteiger partial charge in [-0.15, -0.1) is 0 Å². The summed E-state index contributed by atoms with van der Waals surface area (Å²) in [6, 6.07) is 7.82. The number of rotatable bonds is 5. The second kappa shape index (κ2) is 5.60. The Morgan fingerprint density at radius 3 is 3.00 bits per heavy atom. The first kappa shape index (κ1) is 13.9. The molecular formula is C15H20N2O2. The van der Waals surface area contributed by atoms with Crippen molar-refractivity contribution in [2.24, 2.45) is 0 Å². The summed E-state index contributed by atoms with van der Waals surface area (Å²) < 4.78 is 5.97. The molecule has 4 heteroatoms. The Balaban J connectivity index is 2.22. The van der Waals surface area contributed by atoms with E-state index in [9.17, 15) is 5.26 Å². The van der Waals surface area contributed by atoms with Crippen LogP contribution in [0.2, 0.25) is 0 Å². The van der Waals surface area contributed by atoms with Gasteiger partial charge >= 0.3 is 0 Å². The summed E-state index contributed by atoms with van der Waals surface area (Å²) in [5, 5.41) is 21.3. The molecule has 0 amide bonds. The molecule has 0 saturated carbocycles. The molecule has 1 aromatic rings. The lowest BCUT2D eigenvalue weighted by molar-refractivity contribution is 0.137. The second-order valence-corrected chi connectivity index (χ2v) is 5.47. The molecule has 1 unspecified atom stereocenters. The van der Waals surface area contributed by atoms with Crippen molar-refractivity contribution in [2.75, 3.05) is 13.2 Å². The van der Waals surface area contributed by atoms with Crippen LogP contribution in [0.5, 0.6) is 5.75 Å². The van der Waals surface area contributed by atoms with Crippen LogP contribution < -0.4 is 10.1 Å². The molecule has 0 aromatic heterocycles. The van der Waals surface area contributed by atoms with Crippen LogP contribution in [0, 0.1) is 11.3 Å². The molecule has 19 heavy (non-hydrogen) atoms. The topological polar surface area (TPSA) is 65.3 Å². The average Bonchev–Trinajstić information content (AvgIpc) is 2.69. The van der Waals surface area contributed by atoms with Crippen LogP contribution in [0.3, 0.4) is 0 Å². The van der Waals surface area contributed by atoms with E-state index in [0.717, 1.165) is 23.3 Å². The Morgan fingerprint density at radius 2 is 2.32 bits per heavy atom. The maximum atomic E-state index is 9.31. The van der Waals surface area contributed by atoms with Crippen LogP contribution in [-0.4, -0.2) is 23.9 Å². The Labute approximate surface area is 114 Å². The van der Waals surface area contributed by atoms with Gasteiger partial charge in [-0.05, 0) is 32.4 Å². The van der Waals surface area contributed by atoms with Gasteiger partial charge < -0.3 is 9.84 Å². The number of para-hydroxylation sites is 1. The number of nitriles is 1. The molecular weight excluding hydrogens is 240 g/mol. The predicted octanol–water partition coefficient (Wildman–Crippen LogP) is 1.94. The third-order valence-corrected chi connectivity index (χ3v) is 3.25. The van der Waals surface area contributed by atoms with E-state index >= 15 is 0 Å². The quantitative estimate of drug-likeness (QED) is 0.794. The van der Waals surface area contributed by atoms with Crippen LogP contribution in [0.15, 0.2) is 18.2 Å². The standard InChI is InChI=1S/C15H20N2O2/c1-15(2)9-11-5-3-6-12(14(11)19-15)13(10-16)17-7-4-8-18/h3,5-6,13,17-18H,4,7-9H2,1-2H3. The van der Waals surface area contributed by atoms with Crippen LogP contribution in [0.4, 0.5) is 0 Å². The molecule has 102 valence electrons. The van der Waals surface area contributed by atoms with Crippen molar-refractivity contribution in [1.29, 1.82) is 5.26 Å². The molecule has 0 aliphatic carbocycles. The molecule has 2 N–H and O–H groups in total. The highest BCUT2D eigenvalue weighted by Crippen LogP contribution is 2.39. The zero-order valence-electron chi connectivity index (χ0n) is 11.4. The molecule has 1 heterocycles. The van der Waals surface area contributed by atoms with Gasteiger partial charge in [-0.3, -0.25) is 5.32 Å². The number of nitrogens with one attached hydrogen (secondary N) is 1. The number of hydrogen-bond acceptors (Lipinski definition) is 4. The molecule has 4 nitrogen and oxygen atoms in total. The average molecular weight is 260 g/mol. The SMILES string of the molecule is CC1(C)Cc2cccc(C(C#N)NCCCO)c2O1. The molecule has 1 aliphatic rings. The molecule has 0 bridgehead atoms. The Bertz CT molecular complexity index is 491. The summed E-state index contributed by atoms with van der Waals surface area (Å²) in [6.45, 7) is 4.85. The molecule has 0 radical (unpaired) electrons. The van der Waals surface area contributed by atoms with Gasteiger partial charge in [0.2, 0.25) is 0 Å². The highest BCUT2D eigenvalue weighted by Gasteiger charge is 2.33. The van der Waals surface area contributed by atoms with Gasteiger partial charge in [0, 0.05) is 18.6 Å². The third-order valence-electron chi connectivity index (χ3n) is 3.25. The van der Waals surface area contributed by atoms with Crippen molar-refractivity contribution in [3.63, 3.8) is 0 Å². The molecule has 2 rings (SSSR count). The van der Waals surface area contributed by atoms with E-state index in [2.05, 4.69) is 31.3 Å². The molecule has 0 fully saturated rings. The summed E-state index contributed by atoms with van der Waals surface area (Å²) >= 11 is 0. The fourth-order valence-corrected chi connectivity index (χ4v) is 2.42. The predicted molar refractivity (Wildman–Crippen MR) is 72.9 cm³/mol. The van der Waals surface area contributed by atoms with Crippen molar-refractivity contribution in [1.82, 2.24) is 5.32 Å². The summed E-state index contributed by atoms with van der Waals surface area (Å²) in [4.78, 5) is 0. The van der Waals surface area contributed by atoms with E-state index in [4.69, 9.17) is 9.84 Å².